The van der Waals surface area contributed by atoms with Crippen molar-refractivity contribution in [2.75, 3.05) is 7.05 Å². The minimum atomic E-state index is -4.39. The van der Waals surface area contributed by atoms with Crippen LogP contribution in [-0.2, 0) is 17.5 Å². The lowest BCUT2D eigenvalue weighted by Crippen LogP contribution is -2.40. The van der Waals surface area contributed by atoms with Crippen LogP contribution in [0, 0.1) is 5.92 Å². The maximum atomic E-state index is 13.1. The molecule has 2 saturated heterocycles. The zero-order chi connectivity index (χ0) is 17.3. The van der Waals surface area contributed by atoms with E-state index in [4.69, 9.17) is 0 Å². The molecule has 140 valence electrons. The molecule has 2 heterocycles. The van der Waals surface area contributed by atoms with Crippen LogP contribution >= 0.6 is 12.4 Å². The number of fused-ring (bicyclic) bond motifs is 2. The second-order valence-electron chi connectivity index (χ2n) is 7.08. The molecule has 0 saturated carbocycles. The van der Waals surface area contributed by atoms with Crippen LogP contribution in [0.1, 0.15) is 43.2 Å². The fourth-order valence-electron chi connectivity index (χ4n) is 4.02. The van der Waals surface area contributed by atoms with Gasteiger partial charge in [0.1, 0.15) is 0 Å². The first-order valence-corrected chi connectivity index (χ1v) is 8.48. The Hall–Kier alpha value is -1.27. The largest absolute Gasteiger partial charge is 0.416 e. The third-order valence-electron chi connectivity index (χ3n) is 5.19. The zero-order valence-electron chi connectivity index (χ0n) is 14.2. The first-order valence-electron chi connectivity index (χ1n) is 8.48. The lowest BCUT2D eigenvalue weighted by atomic mass is 9.89. The number of piperidine rings is 1. The van der Waals surface area contributed by atoms with Crippen molar-refractivity contribution >= 4 is 18.3 Å². The molecule has 2 fully saturated rings. The van der Waals surface area contributed by atoms with E-state index in [1.807, 2.05) is 0 Å². The molecule has 2 atom stereocenters. The summed E-state index contributed by atoms with van der Waals surface area (Å²) in [7, 11) is 1.59. The van der Waals surface area contributed by atoms with Crippen LogP contribution in [0.3, 0.4) is 0 Å². The number of alkyl halides is 3. The smallest absolute Gasteiger partial charge is 0.341 e. The summed E-state index contributed by atoms with van der Waals surface area (Å²) in [5.41, 5.74) is -0.518. The minimum Gasteiger partial charge on any atom is -0.341 e. The van der Waals surface area contributed by atoms with E-state index in [0.717, 1.165) is 18.9 Å². The van der Waals surface area contributed by atoms with Gasteiger partial charge in [-0.25, -0.2) is 0 Å². The van der Waals surface area contributed by atoms with E-state index in [1.165, 1.54) is 29.9 Å². The van der Waals surface area contributed by atoms with Gasteiger partial charge in [-0.1, -0.05) is 18.2 Å². The number of hydrogen-bond acceptors (Lipinski definition) is 2. The van der Waals surface area contributed by atoms with E-state index in [1.54, 1.807) is 13.1 Å². The van der Waals surface area contributed by atoms with Crippen molar-refractivity contribution in [1.82, 2.24) is 10.2 Å². The summed E-state index contributed by atoms with van der Waals surface area (Å²) in [5, 5.41) is 3.54. The van der Waals surface area contributed by atoms with E-state index in [-0.39, 0.29) is 30.4 Å². The second-order valence-corrected chi connectivity index (χ2v) is 7.08. The molecule has 0 aliphatic carbocycles. The summed E-state index contributed by atoms with van der Waals surface area (Å²) < 4.78 is 39.2. The van der Waals surface area contributed by atoms with Crippen LogP contribution in [0.25, 0.3) is 0 Å². The Balaban J connectivity index is 0.00000225. The molecule has 0 aromatic heterocycles. The average molecular weight is 377 g/mol. The van der Waals surface area contributed by atoms with Crippen LogP contribution in [0.4, 0.5) is 13.2 Å². The van der Waals surface area contributed by atoms with Crippen molar-refractivity contribution in [1.29, 1.82) is 0 Å². The second kappa shape index (κ2) is 7.96. The lowest BCUT2D eigenvalue weighted by molar-refractivity contribution is -0.139. The predicted molar refractivity (Wildman–Crippen MR) is 92.5 cm³/mol. The number of nitrogens with one attached hydrogen (secondary N) is 1. The summed E-state index contributed by atoms with van der Waals surface area (Å²) in [4.78, 5) is 13.9. The van der Waals surface area contributed by atoms with Crippen molar-refractivity contribution in [3.8, 4) is 0 Å². The number of carbonyl (C=O) groups is 1. The van der Waals surface area contributed by atoms with Crippen LogP contribution in [0.15, 0.2) is 24.3 Å². The number of carbonyl (C=O) groups excluding carboxylic acids is 1. The highest BCUT2D eigenvalue weighted by Crippen LogP contribution is 2.34. The first kappa shape index (κ1) is 20.0. The third kappa shape index (κ3) is 4.88. The van der Waals surface area contributed by atoms with E-state index in [2.05, 4.69) is 5.32 Å². The van der Waals surface area contributed by atoms with Gasteiger partial charge in [0.15, 0.2) is 0 Å². The Morgan fingerprint density at radius 2 is 1.80 bits per heavy atom. The third-order valence-corrected chi connectivity index (χ3v) is 5.19. The van der Waals surface area contributed by atoms with E-state index < -0.39 is 11.7 Å². The van der Waals surface area contributed by atoms with Crippen LogP contribution in [0.5, 0.6) is 0 Å². The van der Waals surface area contributed by atoms with Gasteiger partial charge in [-0.15, -0.1) is 12.4 Å². The maximum Gasteiger partial charge on any atom is 0.416 e. The standard InChI is InChI=1S/C18H23F3N2O.ClH/c1-23(11-13-4-2-3-5-16(13)18(19,20)21)17(24)10-12-8-14-6-7-15(9-12)22-14;/h2-5,12,14-15,22H,6-11H2,1H3;1H. The van der Waals surface area contributed by atoms with Crippen LogP contribution in [-0.4, -0.2) is 29.9 Å². The van der Waals surface area contributed by atoms with E-state index >= 15 is 0 Å². The summed E-state index contributed by atoms with van der Waals surface area (Å²) in [6.45, 7) is -0.00760. The molecule has 1 aromatic carbocycles. The summed E-state index contributed by atoms with van der Waals surface area (Å²) in [6, 6.07) is 6.48. The predicted octanol–water partition coefficient (Wildman–Crippen LogP) is 4.01. The topological polar surface area (TPSA) is 32.3 Å². The molecule has 0 spiro atoms. The number of amides is 1. The van der Waals surface area contributed by atoms with Gasteiger partial charge in [-0.3, -0.25) is 4.79 Å². The Morgan fingerprint density at radius 3 is 2.40 bits per heavy atom. The van der Waals surface area contributed by atoms with Crippen molar-refractivity contribution < 1.29 is 18.0 Å². The molecule has 1 amide bonds. The normalized spacial score (nSPS) is 25.4. The number of rotatable bonds is 4. The molecule has 2 aliphatic heterocycles. The first-order chi connectivity index (χ1) is 11.3. The fourth-order valence-corrected chi connectivity index (χ4v) is 4.02. The average Bonchev–Trinajstić information content (AvgIpc) is 2.85. The van der Waals surface area contributed by atoms with Gasteiger partial charge in [-0.2, -0.15) is 13.2 Å². The maximum absolute atomic E-state index is 13.1. The molecular weight excluding hydrogens is 353 g/mol. The summed E-state index contributed by atoms with van der Waals surface area (Å²) in [5.74, 6) is 0.273. The molecule has 2 bridgehead atoms. The van der Waals surface area contributed by atoms with E-state index in [9.17, 15) is 18.0 Å². The van der Waals surface area contributed by atoms with Gasteiger partial charge >= 0.3 is 6.18 Å². The molecule has 7 heteroatoms. The summed E-state index contributed by atoms with van der Waals surface area (Å²) in [6.07, 6.45) is 0.368. The highest BCUT2D eigenvalue weighted by atomic mass is 35.5. The Bertz CT molecular complexity index is 596. The van der Waals surface area contributed by atoms with Gasteiger partial charge < -0.3 is 10.2 Å². The molecule has 25 heavy (non-hydrogen) atoms. The monoisotopic (exact) mass is 376 g/mol. The van der Waals surface area contributed by atoms with Crippen LogP contribution < -0.4 is 5.32 Å². The van der Waals surface area contributed by atoms with Crippen molar-refractivity contribution in [3.05, 3.63) is 35.4 Å². The molecular formula is C18H24ClF3N2O. The van der Waals surface area contributed by atoms with Crippen LogP contribution in [0.2, 0.25) is 0 Å². The molecule has 2 unspecified atom stereocenters. The molecule has 1 N–H and O–H groups in total. The minimum absolute atomic E-state index is 0. The highest BCUT2D eigenvalue weighted by molar-refractivity contribution is 5.85. The van der Waals surface area contributed by atoms with Crippen molar-refractivity contribution in [2.45, 2.75) is 56.9 Å². The van der Waals surface area contributed by atoms with Gasteiger partial charge in [0.2, 0.25) is 5.91 Å². The van der Waals surface area contributed by atoms with E-state index in [0.29, 0.717) is 24.4 Å². The number of halogens is 4. The molecule has 0 radical (unpaired) electrons. The number of benzene rings is 1. The fraction of sp³-hybridized carbons (Fsp3) is 0.611. The lowest BCUT2D eigenvalue weighted by Gasteiger charge is -2.30. The quantitative estimate of drug-likeness (QED) is 0.861. The Kier molecular flexibility index (Phi) is 6.38. The van der Waals surface area contributed by atoms with Crippen molar-refractivity contribution in [3.63, 3.8) is 0 Å². The number of hydrogen-bond donors (Lipinski definition) is 1. The Morgan fingerprint density at radius 1 is 1.20 bits per heavy atom. The Labute approximate surface area is 152 Å². The molecule has 1 aromatic rings. The SMILES string of the molecule is CN(Cc1ccccc1C(F)(F)F)C(=O)CC1CC2CCC(C1)N2.Cl. The van der Waals surface area contributed by atoms with Gasteiger partial charge in [0.25, 0.3) is 0 Å². The molecule has 2 aliphatic rings. The highest BCUT2D eigenvalue weighted by Gasteiger charge is 2.35. The molecule has 3 rings (SSSR count). The van der Waals surface area contributed by atoms with Gasteiger partial charge in [0, 0.05) is 32.1 Å². The molecule has 3 nitrogen and oxygen atoms in total. The zero-order valence-corrected chi connectivity index (χ0v) is 15.0. The van der Waals surface area contributed by atoms with Gasteiger partial charge in [0.05, 0.1) is 5.56 Å². The van der Waals surface area contributed by atoms with Crippen molar-refractivity contribution in [2.24, 2.45) is 5.92 Å². The summed E-state index contributed by atoms with van der Waals surface area (Å²) >= 11 is 0. The number of nitrogens with zero attached hydrogens (tertiary/aromatic N) is 1. The van der Waals surface area contributed by atoms with Gasteiger partial charge in [-0.05, 0) is 43.2 Å².